The minimum absolute atomic E-state index is 0.0703. The molecule has 4 aliphatic rings. The molecule has 3 N–H and O–H groups in total. The molecule has 6 heterocycles. The molecule has 5 aromatic rings. The van der Waals surface area contributed by atoms with Crippen molar-refractivity contribution >= 4 is 85.7 Å². The molecular formula is C50H61BrF2N11O4P. The number of carbonyl (C=O) groups excluding carboxylic acids is 2. The summed E-state index contributed by atoms with van der Waals surface area (Å²) in [6, 6.07) is 11.2. The van der Waals surface area contributed by atoms with Crippen LogP contribution in [0.5, 0.6) is 5.75 Å². The number of aromatic nitrogens is 4. The maximum absolute atomic E-state index is 15.2. The van der Waals surface area contributed by atoms with E-state index in [1.807, 2.05) is 17.0 Å². The molecule has 2 aromatic heterocycles. The van der Waals surface area contributed by atoms with Gasteiger partial charge in [-0.1, -0.05) is 6.92 Å². The largest absolute Gasteiger partial charge is 0.494 e. The summed E-state index contributed by atoms with van der Waals surface area (Å²) in [6.07, 6.45) is 11.2. The molecule has 1 atom stereocenters. The molecule has 0 saturated carbocycles. The number of anilines is 6. The van der Waals surface area contributed by atoms with Crippen molar-refractivity contribution in [1.82, 2.24) is 35.1 Å². The van der Waals surface area contributed by atoms with Gasteiger partial charge in [0.2, 0.25) is 17.8 Å². The summed E-state index contributed by atoms with van der Waals surface area (Å²) in [7, 11) is -1.10. The Balaban J connectivity index is 0.750. The highest BCUT2D eigenvalue weighted by Crippen LogP contribution is 2.42. The number of ether oxygens (including phenoxy) is 1. The van der Waals surface area contributed by atoms with Crippen LogP contribution in [0.25, 0.3) is 11.0 Å². The van der Waals surface area contributed by atoms with Crippen molar-refractivity contribution in [1.29, 1.82) is 0 Å². The number of benzene rings is 3. The maximum Gasteiger partial charge on any atom is 0.234 e. The molecule has 0 spiro atoms. The second-order valence-electron chi connectivity index (χ2n) is 19.1. The lowest BCUT2D eigenvalue weighted by molar-refractivity contribution is -0.134. The van der Waals surface area contributed by atoms with Crippen molar-refractivity contribution in [3.8, 4) is 5.75 Å². The van der Waals surface area contributed by atoms with Crippen LogP contribution in [0.4, 0.5) is 43.3 Å². The molecule has 2 amide bonds. The average molecular weight is 1030 g/mol. The van der Waals surface area contributed by atoms with Crippen LogP contribution in [0.1, 0.15) is 68.9 Å². The van der Waals surface area contributed by atoms with Gasteiger partial charge in [0.15, 0.2) is 0 Å². The topological polar surface area (TPSA) is 161 Å². The van der Waals surface area contributed by atoms with Gasteiger partial charge in [0.1, 0.15) is 35.9 Å². The molecule has 0 radical (unpaired) electrons. The molecule has 9 rings (SSSR count). The highest BCUT2D eigenvalue weighted by atomic mass is 79.9. The molecule has 15 nitrogen and oxygen atoms in total. The van der Waals surface area contributed by atoms with Gasteiger partial charge in [0.25, 0.3) is 0 Å². The van der Waals surface area contributed by atoms with E-state index < -0.39 is 36.5 Å². The van der Waals surface area contributed by atoms with E-state index in [1.54, 1.807) is 39.0 Å². The lowest BCUT2D eigenvalue weighted by Crippen LogP contribution is -2.53. The van der Waals surface area contributed by atoms with Gasteiger partial charge in [-0.15, -0.1) is 0 Å². The van der Waals surface area contributed by atoms with E-state index in [4.69, 9.17) is 9.72 Å². The fourth-order valence-electron chi connectivity index (χ4n) is 10.6. The van der Waals surface area contributed by atoms with Crippen molar-refractivity contribution in [3.05, 3.63) is 82.2 Å². The van der Waals surface area contributed by atoms with E-state index in [-0.39, 0.29) is 18.4 Å². The monoisotopic (exact) mass is 1030 g/mol. The van der Waals surface area contributed by atoms with Crippen molar-refractivity contribution in [2.45, 2.75) is 70.3 Å². The average Bonchev–Trinajstić information content (AvgIpc) is 3.34. The Morgan fingerprint density at radius 1 is 0.855 bits per heavy atom. The highest BCUT2D eigenvalue weighted by molar-refractivity contribution is 9.10. The van der Waals surface area contributed by atoms with Gasteiger partial charge in [-0.05, 0) is 123 Å². The third-order valence-electron chi connectivity index (χ3n) is 14.4. The van der Waals surface area contributed by atoms with Crippen LogP contribution < -0.4 is 35.8 Å². The maximum atomic E-state index is 15.2. The predicted octanol–water partition coefficient (Wildman–Crippen LogP) is 8.18. The molecular weight excluding hydrogens is 967 g/mol. The number of amides is 2. The number of hydrogen-bond acceptors (Lipinski definition) is 14. The van der Waals surface area contributed by atoms with Gasteiger partial charge in [-0.3, -0.25) is 29.8 Å². The number of carbonyl (C=O) groups is 2. The number of imide groups is 1. The minimum atomic E-state index is -2.78. The summed E-state index contributed by atoms with van der Waals surface area (Å²) in [6.45, 7) is 14.3. The summed E-state index contributed by atoms with van der Waals surface area (Å²) in [5, 5.41) is 9.60. The molecule has 3 aromatic carbocycles. The lowest BCUT2D eigenvalue weighted by atomic mass is 9.89. The summed E-state index contributed by atoms with van der Waals surface area (Å²) in [5.74, 6) is -1.36. The summed E-state index contributed by atoms with van der Waals surface area (Å²) >= 11 is 3.60. The Hall–Kier alpha value is -5.29. The number of methoxy groups -OCH3 is 1. The summed E-state index contributed by atoms with van der Waals surface area (Å²) in [4.78, 5) is 52.0. The van der Waals surface area contributed by atoms with Crippen LogP contribution in [-0.4, -0.2) is 127 Å². The van der Waals surface area contributed by atoms with Crippen LogP contribution in [-0.2, 0) is 20.6 Å². The van der Waals surface area contributed by atoms with E-state index in [2.05, 4.69) is 80.6 Å². The lowest BCUT2D eigenvalue weighted by Gasteiger charge is -2.44. The fourth-order valence-corrected chi connectivity index (χ4v) is 12.3. The molecule has 19 heteroatoms. The van der Waals surface area contributed by atoms with Gasteiger partial charge in [-0.2, -0.15) is 4.98 Å². The first-order chi connectivity index (χ1) is 33.3. The Morgan fingerprint density at radius 2 is 1.57 bits per heavy atom. The normalized spacial score (nSPS) is 19.3. The predicted molar refractivity (Wildman–Crippen MR) is 272 cm³/mol. The van der Waals surface area contributed by atoms with Crippen molar-refractivity contribution in [3.63, 3.8) is 0 Å². The van der Waals surface area contributed by atoms with Gasteiger partial charge in [0.05, 0.1) is 39.7 Å². The quantitative estimate of drug-likeness (QED) is 0.0722. The Kier molecular flexibility index (Phi) is 14.8. The zero-order valence-corrected chi connectivity index (χ0v) is 42.2. The van der Waals surface area contributed by atoms with Crippen LogP contribution >= 0.6 is 23.1 Å². The Bertz CT molecular complexity index is 2730. The Morgan fingerprint density at radius 3 is 2.25 bits per heavy atom. The van der Waals surface area contributed by atoms with Crippen LogP contribution in [0.2, 0.25) is 0 Å². The first-order valence-corrected chi connectivity index (χ1v) is 27.5. The number of nitrogens with one attached hydrogen (secondary N) is 3. The summed E-state index contributed by atoms with van der Waals surface area (Å²) in [5.41, 5.74) is 5.33. The van der Waals surface area contributed by atoms with Gasteiger partial charge < -0.3 is 34.6 Å². The molecule has 1 unspecified atom stereocenters. The molecule has 4 saturated heterocycles. The number of piperidine rings is 3. The minimum Gasteiger partial charge on any atom is -0.494 e. The molecule has 366 valence electrons. The zero-order valence-electron chi connectivity index (χ0n) is 39.7. The van der Waals surface area contributed by atoms with E-state index in [0.717, 1.165) is 103 Å². The number of piperazine rings is 1. The number of aryl methyl sites for hydroxylation is 1. The van der Waals surface area contributed by atoms with Gasteiger partial charge in [-0.25, -0.2) is 13.8 Å². The van der Waals surface area contributed by atoms with Crippen LogP contribution in [0.15, 0.2) is 59.5 Å². The SMILES string of the molecule is CCc1cc(Nc2ncc(Br)c(Nc3ccc4nccnc4c3P(C)(C)=O)n2)c(OC)cc1N1CCC(N2CCN(CCC3CCN(c4cc(F)c(C5CCC(=O)NC5=O)c(F)c4)CC3)CC2)CC1. The molecule has 4 aliphatic heterocycles. The third kappa shape index (κ3) is 10.9. The van der Waals surface area contributed by atoms with E-state index >= 15 is 8.78 Å². The second-order valence-corrected chi connectivity index (χ2v) is 23.1. The number of nitrogens with zero attached hydrogens (tertiary/aromatic N) is 8. The number of fused-ring (bicyclic) bond motifs is 1. The number of hydrogen-bond donors (Lipinski definition) is 3. The number of halogens is 3. The molecule has 4 fully saturated rings. The van der Waals surface area contributed by atoms with E-state index in [1.165, 1.54) is 23.4 Å². The van der Waals surface area contributed by atoms with Crippen LogP contribution in [0, 0.1) is 17.6 Å². The summed E-state index contributed by atoms with van der Waals surface area (Å²) < 4.78 is 50.6. The molecule has 0 bridgehead atoms. The smallest absolute Gasteiger partial charge is 0.234 e. The molecule has 0 aliphatic carbocycles. The Labute approximate surface area is 410 Å². The van der Waals surface area contributed by atoms with E-state index in [9.17, 15) is 14.2 Å². The van der Waals surface area contributed by atoms with Crippen molar-refractivity contribution in [2.75, 3.05) is 99.8 Å². The van der Waals surface area contributed by atoms with Gasteiger partial charge >= 0.3 is 0 Å². The molecule has 69 heavy (non-hydrogen) atoms. The first-order valence-electron chi connectivity index (χ1n) is 24.1. The van der Waals surface area contributed by atoms with E-state index in [0.29, 0.717) is 61.7 Å². The zero-order chi connectivity index (χ0) is 48.4. The third-order valence-corrected chi connectivity index (χ3v) is 16.5. The van der Waals surface area contributed by atoms with Crippen molar-refractivity contribution < 1.29 is 27.7 Å². The fraction of sp³-hybridized carbons (Fsp3) is 0.480. The van der Waals surface area contributed by atoms with Gasteiger partial charge in [0, 0.05) is 106 Å². The highest BCUT2D eigenvalue weighted by Gasteiger charge is 2.34. The van der Waals surface area contributed by atoms with Crippen LogP contribution in [0.3, 0.4) is 0 Å². The standard InChI is InChI=1S/C50H61BrF2N11O4P/c1-5-32-26-41(58-50-56-30-36(51)48(60-50)57-40-8-7-39-46(55-16-15-54-39)47(40)69(3,4)67)43(68-2)29-42(32)64-20-13-33(14-21-64)63-24-22-61(23-25-63)17-10-31-11-18-62(19-12-31)34-27-37(52)45(38(53)28-34)35-6-9-44(65)59-49(35)66/h7-8,15-16,26-31,33,35H,5-6,9-14,17-25H2,1-4H3,(H,59,65,66)(H2,56,57,58,60). The van der Waals surface area contributed by atoms with Crippen molar-refractivity contribution in [2.24, 2.45) is 5.92 Å². The second kappa shape index (κ2) is 21.0. The number of rotatable bonds is 14. The first kappa shape index (κ1) is 48.7.